The molecule has 2 saturated carbocycles. The van der Waals surface area contributed by atoms with E-state index in [1.54, 1.807) is 0 Å². The van der Waals surface area contributed by atoms with E-state index in [2.05, 4.69) is 14.8 Å². The summed E-state index contributed by atoms with van der Waals surface area (Å²) >= 11 is 0. The molecule has 1 unspecified atom stereocenters. The lowest BCUT2D eigenvalue weighted by molar-refractivity contribution is -0.0494. The number of anilines is 1. The van der Waals surface area contributed by atoms with E-state index in [4.69, 9.17) is 5.73 Å². The molecule has 4 rings (SSSR count). The van der Waals surface area contributed by atoms with Gasteiger partial charge in [-0.1, -0.05) is 0 Å². The summed E-state index contributed by atoms with van der Waals surface area (Å²) in [5, 5.41) is 4.56. The summed E-state index contributed by atoms with van der Waals surface area (Å²) in [4.78, 5) is 3.90. The Kier molecular flexibility index (Phi) is 4.08. The minimum absolute atomic E-state index is 0.0238. The number of pyridine rings is 1. The number of ether oxygens (including phenoxy) is 1. The van der Waals surface area contributed by atoms with Crippen LogP contribution in [0, 0.1) is 11.8 Å². The van der Waals surface area contributed by atoms with Crippen LogP contribution in [-0.4, -0.2) is 27.3 Å². The number of fused-ring (bicyclic) bond motifs is 1. The van der Waals surface area contributed by atoms with Crippen molar-refractivity contribution >= 4 is 5.82 Å². The Labute approximate surface area is 153 Å². The normalized spacial score (nSPS) is 25.9. The molecular formula is C18H20F4N4O. The molecule has 0 amide bonds. The summed E-state index contributed by atoms with van der Waals surface area (Å²) < 4.78 is 58.3. The van der Waals surface area contributed by atoms with E-state index in [0.717, 1.165) is 5.69 Å². The van der Waals surface area contributed by atoms with Gasteiger partial charge in [0.1, 0.15) is 0 Å². The van der Waals surface area contributed by atoms with Crippen LogP contribution in [0.1, 0.15) is 44.3 Å². The molecule has 2 fully saturated rings. The molecule has 2 aromatic heterocycles. The molecular weight excluding hydrogens is 364 g/mol. The zero-order chi connectivity index (χ0) is 19.5. The minimum atomic E-state index is -3.01. The smallest absolute Gasteiger partial charge is 0.387 e. The Hall–Kier alpha value is -2.32. The van der Waals surface area contributed by atoms with Crippen molar-refractivity contribution < 1.29 is 22.3 Å². The van der Waals surface area contributed by atoms with Gasteiger partial charge in [-0.2, -0.15) is 13.9 Å². The van der Waals surface area contributed by atoms with Crippen LogP contribution in [0.2, 0.25) is 0 Å². The number of nitrogen functional groups attached to an aromatic ring is 1. The molecule has 2 aromatic rings. The lowest BCUT2D eigenvalue weighted by atomic mass is 10.0. The largest absolute Gasteiger partial charge is 0.431 e. The fourth-order valence-corrected chi connectivity index (χ4v) is 4.21. The summed E-state index contributed by atoms with van der Waals surface area (Å²) in [6.07, 6.45) is 1.26. The zero-order valence-corrected chi connectivity index (χ0v) is 14.9. The standard InChI is InChI=1S/C18H20F4N4O/c1-8(2)26-13(15-10-5-18(21,22)6-11(10)15)4-12(25-26)9-3-14(27-17(19)20)16(23)24-7-9/h3-4,7-8,10-11,15,17H,5-6H2,1-2H3,(H2,23,24)/t10-,11+,15?. The summed E-state index contributed by atoms with van der Waals surface area (Å²) in [6, 6.07) is 3.24. The van der Waals surface area contributed by atoms with Crippen LogP contribution >= 0.6 is 0 Å². The highest BCUT2D eigenvalue weighted by atomic mass is 19.3. The molecule has 27 heavy (non-hydrogen) atoms. The second kappa shape index (κ2) is 6.10. The molecule has 3 atom stereocenters. The quantitative estimate of drug-likeness (QED) is 0.773. The Morgan fingerprint density at radius 3 is 2.48 bits per heavy atom. The van der Waals surface area contributed by atoms with Gasteiger partial charge >= 0.3 is 6.61 Å². The number of nitrogens with two attached hydrogens (primary N) is 1. The van der Waals surface area contributed by atoms with Gasteiger partial charge in [0.25, 0.3) is 0 Å². The van der Waals surface area contributed by atoms with Crippen molar-refractivity contribution in [1.82, 2.24) is 14.8 Å². The van der Waals surface area contributed by atoms with Crippen LogP contribution in [0.15, 0.2) is 18.3 Å². The second-order valence-corrected chi connectivity index (χ2v) is 7.60. The number of alkyl halides is 4. The highest BCUT2D eigenvalue weighted by molar-refractivity contribution is 5.64. The molecule has 2 heterocycles. The maximum atomic E-state index is 13.5. The van der Waals surface area contributed by atoms with Gasteiger partial charge in [-0.05, 0) is 37.8 Å². The van der Waals surface area contributed by atoms with Gasteiger partial charge in [0.2, 0.25) is 5.92 Å². The maximum Gasteiger partial charge on any atom is 0.387 e. The van der Waals surface area contributed by atoms with E-state index in [1.165, 1.54) is 12.3 Å². The Morgan fingerprint density at radius 1 is 1.22 bits per heavy atom. The predicted octanol–water partition coefficient (Wildman–Crippen LogP) is 4.47. The van der Waals surface area contributed by atoms with E-state index >= 15 is 0 Å². The number of halogens is 4. The number of rotatable bonds is 5. The van der Waals surface area contributed by atoms with Gasteiger partial charge in [-0.15, -0.1) is 0 Å². The summed E-state index contributed by atoms with van der Waals surface area (Å²) in [5.41, 5.74) is 7.49. The summed E-state index contributed by atoms with van der Waals surface area (Å²) in [7, 11) is 0. The topological polar surface area (TPSA) is 66.0 Å². The molecule has 9 heteroatoms. The molecule has 0 saturated heterocycles. The van der Waals surface area contributed by atoms with Gasteiger partial charge < -0.3 is 10.5 Å². The van der Waals surface area contributed by atoms with E-state index in [0.29, 0.717) is 11.3 Å². The lowest BCUT2D eigenvalue weighted by Crippen LogP contribution is -2.15. The number of nitrogens with zero attached hydrogens (tertiary/aromatic N) is 3. The van der Waals surface area contributed by atoms with Crippen molar-refractivity contribution in [3.63, 3.8) is 0 Å². The molecule has 0 aliphatic heterocycles. The van der Waals surface area contributed by atoms with Crippen molar-refractivity contribution in [2.24, 2.45) is 11.8 Å². The molecule has 2 aliphatic carbocycles. The lowest BCUT2D eigenvalue weighted by Gasteiger charge is -2.15. The van der Waals surface area contributed by atoms with Crippen molar-refractivity contribution in [2.45, 2.75) is 51.2 Å². The third kappa shape index (κ3) is 3.23. The molecule has 0 bridgehead atoms. The molecule has 2 aliphatic rings. The molecule has 0 radical (unpaired) electrons. The van der Waals surface area contributed by atoms with Crippen molar-refractivity contribution in [1.29, 1.82) is 0 Å². The molecule has 2 N–H and O–H groups in total. The Balaban J connectivity index is 1.66. The Morgan fingerprint density at radius 2 is 1.89 bits per heavy atom. The van der Waals surface area contributed by atoms with E-state index in [1.807, 2.05) is 24.6 Å². The Bertz CT molecular complexity index is 853. The first-order valence-corrected chi connectivity index (χ1v) is 8.84. The van der Waals surface area contributed by atoms with Gasteiger partial charge in [-0.3, -0.25) is 4.68 Å². The van der Waals surface area contributed by atoms with Crippen molar-refractivity contribution in [3.8, 4) is 17.0 Å². The average molecular weight is 384 g/mol. The van der Waals surface area contributed by atoms with Crippen LogP contribution in [0.25, 0.3) is 11.3 Å². The van der Waals surface area contributed by atoms with Gasteiger partial charge in [-0.25, -0.2) is 13.8 Å². The summed E-state index contributed by atoms with van der Waals surface area (Å²) in [5.74, 6) is -2.91. The van der Waals surface area contributed by atoms with E-state index < -0.39 is 12.5 Å². The number of aromatic nitrogens is 3. The highest BCUT2D eigenvalue weighted by Crippen LogP contribution is 2.67. The molecule has 0 spiro atoms. The van der Waals surface area contributed by atoms with E-state index in [-0.39, 0.29) is 48.2 Å². The number of hydrogen-bond donors (Lipinski definition) is 1. The van der Waals surface area contributed by atoms with Gasteiger partial charge in [0.05, 0.1) is 5.69 Å². The van der Waals surface area contributed by atoms with Crippen LogP contribution in [0.5, 0.6) is 5.75 Å². The predicted molar refractivity (Wildman–Crippen MR) is 90.8 cm³/mol. The highest BCUT2D eigenvalue weighted by Gasteiger charge is 2.64. The van der Waals surface area contributed by atoms with Gasteiger partial charge in [0.15, 0.2) is 11.6 Å². The number of hydrogen-bond acceptors (Lipinski definition) is 4. The van der Waals surface area contributed by atoms with Crippen LogP contribution in [0.3, 0.4) is 0 Å². The fraction of sp³-hybridized carbons (Fsp3) is 0.556. The fourth-order valence-electron chi connectivity index (χ4n) is 4.21. The first-order chi connectivity index (χ1) is 12.7. The first-order valence-electron chi connectivity index (χ1n) is 8.84. The van der Waals surface area contributed by atoms with Gasteiger partial charge in [0, 0.05) is 42.3 Å². The molecule has 0 aromatic carbocycles. The average Bonchev–Trinajstić information content (AvgIpc) is 2.94. The molecule has 5 nitrogen and oxygen atoms in total. The molecule has 146 valence electrons. The van der Waals surface area contributed by atoms with E-state index in [9.17, 15) is 17.6 Å². The third-order valence-corrected chi connectivity index (χ3v) is 5.39. The van der Waals surface area contributed by atoms with Crippen LogP contribution < -0.4 is 10.5 Å². The maximum absolute atomic E-state index is 13.5. The SMILES string of the molecule is CC(C)n1nc(-c2cnc(N)c(OC(F)F)c2)cc1C1[C@H]2CC(F)(F)C[C@@H]12. The first kappa shape index (κ1) is 18.1. The third-order valence-electron chi connectivity index (χ3n) is 5.39. The van der Waals surface area contributed by atoms with Crippen molar-refractivity contribution in [3.05, 3.63) is 24.0 Å². The van der Waals surface area contributed by atoms with Crippen LogP contribution in [-0.2, 0) is 0 Å². The summed E-state index contributed by atoms with van der Waals surface area (Å²) in [6.45, 7) is 0.903. The monoisotopic (exact) mass is 384 g/mol. The van der Waals surface area contributed by atoms with Crippen molar-refractivity contribution in [2.75, 3.05) is 5.73 Å². The minimum Gasteiger partial charge on any atom is -0.431 e. The van der Waals surface area contributed by atoms with Crippen LogP contribution in [0.4, 0.5) is 23.4 Å². The second-order valence-electron chi connectivity index (χ2n) is 7.60. The zero-order valence-electron chi connectivity index (χ0n) is 14.9.